The first-order valence-corrected chi connectivity index (χ1v) is 14.2. The third-order valence-electron chi connectivity index (χ3n) is 6.66. The average molecular weight is 664 g/mol. The molecule has 5 amide bonds. The number of quaternary nitrogens is 1. The van der Waals surface area contributed by atoms with Crippen molar-refractivity contribution in [3.63, 3.8) is 0 Å². The molecule has 0 fully saturated rings. The zero-order valence-corrected chi connectivity index (χ0v) is 25.1. The monoisotopic (exact) mass is 663 g/mol. The highest BCUT2D eigenvalue weighted by Gasteiger charge is 2.30. The van der Waals surface area contributed by atoms with Gasteiger partial charge in [0.1, 0.15) is 42.3 Å². The summed E-state index contributed by atoms with van der Waals surface area (Å²) in [4.78, 5) is 75.1. The molecule has 0 aliphatic rings. The van der Waals surface area contributed by atoms with Crippen LogP contribution in [0.1, 0.15) is 11.1 Å². The number of aliphatic hydroxyl groups is 3. The number of aliphatic carboxylic acids is 1. The third-order valence-corrected chi connectivity index (χ3v) is 6.66. The van der Waals surface area contributed by atoms with Gasteiger partial charge in [-0.15, -0.1) is 0 Å². The molecule has 0 unspecified atom stereocenters. The Morgan fingerprint density at radius 1 is 0.574 bits per heavy atom. The van der Waals surface area contributed by atoms with E-state index in [2.05, 4.69) is 32.3 Å². The number of amides is 5. The van der Waals surface area contributed by atoms with Gasteiger partial charge in [0.2, 0.25) is 23.6 Å². The standard InChI is InChI=1S/C29H38N6O12/c30-19(12-36)25(42)33-21(10-16-3-7-18(40)8-4-16)28(45)34-22(13-37)26(43)31-11-24(41)32-20(9-15-1-5-17(39)6-2-15)27(44)35-23(14-38)29(46)47/h1-8,19-23,36-40H,9-14,30H2,(H,31,43)(H,32,41)(H,33,42)(H,34,45)(H,35,44)(H,46,47)/p+1/t19-,20-,21-,22-,23-/m0/s1. The minimum atomic E-state index is -1.67. The number of nitrogens with one attached hydrogen (secondary N) is 5. The molecule has 0 heterocycles. The Kier molecular flexibility index (Phi) is 15.0. The number of aliphatic hydroxyl groups excluding tert-OH is 3. The first kappa shape index (κ1) is 37.9. The highest BCUT2D eigenvalue weighted by molar-refractivity contribution is 5.95. The maximum absolute atomic E-state index is 13.1. The van der Waals surface area contributed by atoms with Gasteiger partial charge >= 0.3 is 5.97 Å². The van der Waals surface area contributed by atoms with Gasteiger partial charge < -0.3 is 63.0 Å². The number of carboxylic acid groups (broad SMARTS) is 1. The van der Waals surface area contributed by atoms with E-state index >= 15 is 0 Å². The van der Waals surface area contributed by atoms with Crippen LogP contribution >= 0.6 is 0 Å². The van der Waals surface area contributed by atoms with Crippen LogP contribution in [0.3, 0.4) is 0 Å². The Morgan fingerprint density at radius 2 is 1.00 bits per heavy atom. The van der Waals surface area contributed by atoms with Crippen LogP contribution in [0, 0.1) is 0 Å². The van der Waals surface area contributed by atoms with Crippen LogP contribution in [0.25, 0.3) is 0 Å². The summed E-state index contributed by atoms with van der Waals surface area (Å²) in [7, 11) is 0. The number of benzene rings is 2. The molecule has 2 rings (SSSR count). The van der Waals surface area contributed by atoms with Crippen molar-refractivity contribution in [3.8, 4) is 11.5 Å². The third kappa shape index (κ3) is 12.5. The fourth-order valence-electron chi connectivity index (χ4n) is 3.99. The van der Waals surface area contributed by atoms with Gasteiger partial charge in [-0.1, -0.05) is 24.3 Å². The number of hydrogen-bond donors (Lipinski definition) is 12. The quantitative estimate of drug-likeness (QED) is 0.0711. The zero-order valence-electron chi connectivity index (χ0n) is 25.1. The Balaban J connectivity index is 2.09. The number of phenols is 2. The molecule has 0 radical (unpaired) electrons. The molecule has 256 valence electrons. The summed E-state index contributed by atoms with van der Waals surface area (Å²) in [5.74, 6) is -6.20. The predicted molar refractivity (Wildman–Crippen MR) is 160 cm³/mol. The molecule has 14 N–H and O–H groups in total. The molecular weight excluding hydrogens is 624 g/mol. The number of carbonyl (C=O) groups excluding carboxylic acids is 5. The number of phenolic OH excluding ortho intramolecular Hbond substituents is 2. The smallest absolute Gasteiger partial charge is 0.328 e. The van der Waals surface area contributed by atoms with E-state index in [1.807, 2.05) is 0 Å². The van der Waals surface area contributed by atoms with Gasteiger partial charge in [-0.2, -0.15) is 0 Å². The Bertz CT molecular complexity index is 1390. The molecule has 0 bridgehead atoms. The molecule has 0 aliphatic carbocycles. The predicted octanol–water partition coefficient (Wildman–Crippen LogP) is -5.39. The first-order chi connectivity index (χ1) is 22.3. The normalized spacial score (nSPS) is 14.0. The van der Waals surface area contributed by atoms with Gasteiger partial charge in [0, 0.05) is 12.8 Å². The van der Waals surface area contributed by atoms with Crippen LogP contribution in [0.15, 0.2) is 48.5 Å². The van der Waals surface area contributed by atoms with Crippen LogP contribution in [0.4, 0.5) is 0 Å². The fourth-order valence-corrected chi connectivity index (χ4v) is 3.99. The van der Waals surface area contributed by atoms with Crippen molar-refractivity contribution in [2.75, 3.05) is 26.4 Å². The van der Waals surface area contributed by atoms with E-state index in [9.17, 15) is 54.3 Å². The second-order valence-electron chi connectivity index (χ2n) is 10.3. The lowest BCUT2D eigenvalue weighted by Gasteiger charge is -2.23. The lowest BCUT2D eigenvalue weighted by molar-refractivity contribution is -0.409. The van der Waals surface area contributed by atoms with E-state index in [4.69, 9.17) is 5.11 Å². The molecule has 0 aliphatic heterocycles. The molecule has 0 saturated heterocycles. The van der Waals surface area contributed by atoms with E-state index in [0.717, 1.165) is 0 Å². The SMILES string of the molecule is [NH3+][C@@H](CO)C(=O)N[C@@H](Cc1ccc(O)cc1)C(=O)N[C@@H](CO)C(=O)NCC(=O)N[C@@H](Cc1ccc(O)cc1)C(=O)N[C@@H](CO)C(=O)O. The van der Waals surface area contributed by atoms with Crippen molar-refractivity contribution in [3.05, 3.63) is 59.7 Å². The highest BCUT2D eigenvalue weighted by atomic mass is 16.4. The molecule has 2 aromatic rings. The fraction of sp³-hybridized carbons (Fsp3) is 0.379. The van der Waals surface area contributed by atoms with E-state index in [1.54, 1.807) is 0 Å². The maximum Gasteiger partial charge on any atom is 0.328 e. The van der Waals surface area contributed by atoms with Crippen LogP contribution in [0.2, 0.25) is 0 Å². The summed E-state index contributed by atoms with van der Waals surface area (Å²) in [6.45, 7) is -3.21. The molecular formula is C29H39N6O12+. The highest BCUT2D eigenvalue weighted by Crippen LogP contribution is 2.13. The van der Waals surface area contributed by atoms with E-state index in [0.29, 0.717) is 11.1 Å². The minimum Gasteiger partial charge on any atom is -0.508 e. The summed E-state index contributed by atoms with van der Waals surface area (Å²) < 4.78 is 0. The van der Waals surface area contributed by atoms with Crippen LogP contribution in [-0.2, 0) is 41.6 Å². The van der Waals surface area contributed by atoms with E-state index in [-0.39, 0.29) is 24.3 Å². The summed E-state index contributed by atoms with van der Waals surface area (Å²) in [6, 6.07) is 4.20. The maximum atomic E-state index is 13.1. The van der Waals surface area contributed by atoms with Crippen LogP contribution < -0.4 is 32.3 Å². The Hall–Kier alpha value is -5.30. The molecule has 5 atom stereocenters. The number of rotatable bonds is 18. The number of aromatic hydroxyl groups is 2. The van der Waals surface area contributed by atoms with Crippen molar-refractivity contribution >= 4 is 35.5 Å². The van der Waals surface area contributed by atoms with Crippen molar-refractivity contribution in [2.45, 2.75) is 43.1 Å². The van der Waals surface area contributed by atoms with Gasteiger partial charge in [-0.3, -0.25) is 24.0 Å². The van der Waals surface area contributed by atoms with Gasteiger partial charge in [0.15, 0.2) is 6.04 Å². The minimum absolute atomic E-state index is 0.0418. The zero-order chi connectivity index (χ0) is 35.1. The molecule has 18 heteroatoms. The Morgan fingerprint density at radius 3 is 1.43 bits per heavy atom. The lowest BCUT2D eigenvalue weighted by Crippen LogP contribution is -2.70. The molecule has 47 heavy (non-hydrogen) atoms. The van der Waals surface area contributed by atoms with Crippen molar-refractivity contribution < 1.29 is 65.1 Å². The van der Waals surface area contributed by atoms with Crippen molar-refractivity contribution in [2.24, 2.45) is 0 Å². The van der Waals surface area contributed by atoms with Crippen LogP contribution in [0.5, 0.6) is 11.5 Å². The Labute approximate surface area is 268 Å². The lowest BCUT2D eigenvalue weighted by atomic mass is 10.0. The second kappa shape index (κ2) is 18.6. The van der Waals surface area contributed by atoms with Gasteiger partial charge in [-0.05, 0) is 35.4 Å². The van der Waals surface area contributed by atoms with Gasteiger partial charge in [0.25, 0.3) is 5.91 Å². The molecule has 0 spiro atoms. The topological polar surface area (TPSA) is 312 Å². The van der Waals surface area contributed by atoms with Gasteiger partial charge in [0.05, 0.1) is 19.8 Å². The molecule has 0 saturated carbocycles. The van der Waals surface area contributed by atoms with E-state index in [1.165, 1.54) is 48.5 Å². The van der Waals surface area contributed by atoms with Crippen molar-refractivity contribution in [1.29, 1.82) is 0 Å². The van der Waals surface area contributed by atoms with Crippen LogP contribution in [-0.4, -0.2) is 123 Å². The molecule has 0 aromatic heterocycles. The largest absolute Gasteiger partial charge is 0.508 e. The first-order valence-electron chi connectivity index (χ1n) is 14.2. The summed E-state index contributed by atoms with van der Waals surface area (Å²) in [5, 5.41) is 67.8. The van der Waals surface area contributed by atoms with Gasteiger partial charge in [-0.25, -0.2) is 4.79 Å². The summed E-state index contributed by atoms with van der Waals surface area (Å²) >= 11 is 0. The average Bonchev–Trinajstić information content (AvgIpc) is 3.05. The number of carbonyl (C=O) groups is 6. The summed E-state index contributed by atoms with van der Waals surface area (Å²) in [5.41, 5.74) is 4.45. The molecule has 18 nitrogen and oxygen atoms in total. The van der Waals surface area contributed by atoms with E-state index < -0.39 is 92.1 Å². The number of hydrogen-bond acceptors (Lipinski definition) is 11. The second-order valence-corrected chi connectivity index (χ2v) is 10.3. The summed E-state index contributed by atoms with van der Waals surface area (Å²) in [6.07, 6.45) is -0.279. The number of carboxylic acids is 1. The molecule has 2 aromatic carbocycles. The van der Waals surface area contributed by atoms with Crippen molar-refractivity contribution in [1.82, 2.24) is 26.6 Å².